The van der Waals surface area contributed by atoms with Crippen LogP contribution in [0.3, 0.4) is 0 Å². The Morgan fingerprint density at radius 3 is 2.88 bits per heavy atom. The molecule has 0 saturated carbocycles. The van der Waals surface area contributed by atoms with Gasteiger partial charge in [-0.1, -0.05) is 0 Å². The first-order valence-electron chi connectivity index (χ1n) is 1.93. The molecule has 0 fully saturated rings. The minimum atomic E-state index is 0.699. The maximum atomic E-state index is 8.28. The molecule has 1 rings (SSSR count). The summed E-state index contributed by atoms with van der Waals surface area (Å²) in [7, 11) is 0. The predicted octanol–water partition coefficient (Wildman–Crippen LogP) is 0.817. The number of rotatable bonds is 0. The molecule has 0 aliphatic heterocycles. The van der Waals surface area contributed by atoms with E-state index in [-0.39, 0.29) is 0 Å². The van der Waals surface area contributed by atoms with Gasteiger partial charge in [-0.2, -0.15) is 5.26 Å². The summed E-state index contributed by atoms with van der Waals surface area (Å²) in [5.41, 5.74) is 0. The van der Waals surface area contributed by atoms with Gasteiger partial charge >= 0.3 is 0 Å². The molecule has 0 spiro atoms. The highest BCUT2D eigenvalue weighted by Crippen LogP contribution is 1.97. The van der Waals surface area contributed by atoms with Crippen molar-refractivity contribution in [2.24, 2.45) is 0 Å². The first kappa shape index (κ1) is 5.56. The van der Waals surface area contributed by atoms with Crippen LogP contribution in [-0.2, 0) is 0 Å². The topological polar surface area (TPSA) is 41.6 Å². The van der Waals surface area contributed by atoms with E-state index in [1.807, 2.05) is 28.8 Å². The summed E-state index contributed by atoms with van der Waals surface area (Å²) in [5.74, 6) is 0. The van der Waals surface area contributed by atoms with Gasteiger partial charge in [-0.25, -0.2) is 9.55 Å². The van der Waals surface area contributed by atoms with Gasteiger partial charge in [0.05, 0.1) is 0 Å². The van der Waals surface area contributed by atoms with Crippen LogP contribution >= 0.6 is 22.6 Å². The van der Waals surface area contributed by atoms with Crippen molar-refractivity contribution in [1.82, 2.24) is 9.55 Å². The molecule has 0 aliphatic rings. The SMILES string of the molecule is N#Cn1ccnc1I. The Labute approximate surface area is 60.1 Å². The van der Waals surface area contributed by atoms with Crippen LogP contribution < -0.4 is 0 Å². The Morgan fingerprint density at radius 2 is 2.62 bits per heavy atom. The number of aromatic nitrogens is 2. The third kappa shape index (κ3) is 0.816. The molecule has 4 heteroatoms. The van der Waals surface area contributed by atoms with Gasteiger partial charge in [0.15, 0.2) is 10.0 Å². The van der Waals surface area contributed by atoms with Crippen molar-refractivity contribution >= 4 is 22.6 Å². The van der Waals surface area contributed by atoms with E-state index in [0.717, 1.165) is 0 Å². The summed E-state index contributed by atoms with van der Waals surface area (Å²) >= 11 is 1.98. The molecule has 1 heterocycles. The second-order valence-corrected chi connectivity index (χ2v) is 2.13. The van der Waals surface area contributed by atoms with Crippen LogP contribution in [0.1, 0.15) is 0 Å². The van der Waals surface area contributed by atoms with Crippen LogP contribution in [0.25, 0.3) is 0 Å². The predicted molar refractivity (Wildman–Crippen MR) is 36.0 cm³/mol. The van der Waals surface area contributed by atoms with Gasteiger partial charge < -0.3 is 0 Å². The second kappa shape index (κ2) is 2.13. The Bertz CT molecular complexity index is 221. The smallest absolute Gasteiger partial charge is 0.190 e. The minimum absolute atomic E-state index is 0.699. The van der Waals surface area contributed by atoms with Crippen LogP contribution in [0.5, 0.6) is 0 Å². The van der Waals surface area contributed by atoms with E-state index in [2.05, 4.69) is 4.98 Å². The van der Waals surface area contributed by atoms with E-state index in [9.17, 15) is 0 Å². The van der Waals surface area contributed by atoms with Crippen molar-refractivity contribution in [2.75, 3.05) is 0 Å². The zero-order chi connectivity index (χ0) is 5.98. The lowest BCUT2D eigenvalue weighted by atomic mass is 10.9. The number of hydrogen-bond acceptors (Lipinski definition) is 2. The molecule has 0 unspecified atom stereocenters. The number of hydrogen-bond donors (Lipinski definition) is 0. The molecule has 1 aromatic heterocycles. The molecule has 3 nitrogen and oxygen atoms in total. The van der Waals surface area contributed by atoms with Crippen molar-refractivity contribution in [3.63, 3.8) is 0 Å². The van der Waals surface area contributed by atoms with Gasteiger partial charge in [-0.05, 0) is 0 Å². The molecule has 0 radical (unpaired) electrons. The van der Waals surface area contributed by atoms with Gasteiger partial charge in [-0.3, -0.25) is 0 Å². The van der Waals surface area contributed by atoms with E-state index >= 15 is 0 Å². The summed E-state index contributed by atoms with van der Waals surface area (Å²) in [6, 6.07) is 0. The minimum Gasteiger partial charge on any atom is -0.231 e. The molecule has 0 aromatic carbocycles. The molecule has 0 atom stereocenters. The van der Waals surface area contributed by atoms with Gasteiger partial charge in [0.1, 0.15) is 0 Å². The normalized spacial score (nSPS) is 8.50. The third-order valence-corrected chi connectivity index (χ3v) is 1.50. The van der Waals surface area contributed by atoms with E-state index in [1.165, 1.54) is 4.57 Å². The largest absolute Gasteiger partial charge is 0.231 e. The first-order chi connectivity index (χ1) is 3.84. The van der Waals surface area contributed by atoms with Crippen LogP contribution in [0.4, 0.5) is 0 Å². The van der Waals surface area contributed by atoms with Crippen LogP contribution in [0.2, 0.25) is 0 Å². The van der Waals surface area contributed by atoms with E-state index < -0.39 is 0 Å². The summed E-state index contributed by atoms with van der Waals surface area (Å²) in [4.78, 5) is 3.81. The highest BCUT2D eigenvalue weighted by Gasteiger charge is 1.91. The van der Waals surface area contributed by atoms with E-state index in [4.69, 9.17) is 5.26 Å². The molecule has 0 bridgehead atoms. The maximum Gasteiger partial charge on any atom is 0.190 e. The summed E-state index contributed by atoms with van der Waals surface area (Å²) in [5, 5.41) is 8.28. The fraction of sp³-hybridized carbons (Fsp3) is 0. The van der Waals surface area contributed by atoms with E-state index in [0.29, 0.717) is 3.83 Å². The number of nitriles is 1. The number of imidazole rings is 1. The molecule has 1 aromatic rings. The van der Waals surface area contributed by atoms with Crippen molar-refractivity contribution in [3.8, 4) is 6.19 Å². The monoisotopic (exact) mass is 219 g/mol. The van der Waals surface area contributed by atoms with Crippen LogP contribution in [0, 0.1) is 15.3 Å². The highest BCUT2D eigenvalue weighted by molar-refractivity contribution is 14.1. The van der Waals surface area contributed by atoms with Crippen molar-refractivity contribution in [1.29, 1.82) is 5.26 Å². The lowest BCUT2D eigenvalue weighted by Crippen LogP contribution is -1.87. The Kier molecular flexibility index (Phi) is 1.48. The number of halogens is 1. The molecular formula is C4H2IN3. The Morgan fingerprint density at radius 1 is 1.88 bits per heavy atom. The average Bonchev–Trinajstić information content (AvgIpc) is 2.14. The second-order valence-electron chi connectivity index (χ2n) is 1.17. The zero-order valence-corrected chi connectivity index (χ0v) is 6.03. The molecule has 0 N–H and O–H groups in total. The molecule has 40 valence electrons. The highest BCUT2D eigenvalue weighted by atomic mass is 127. The third-order valence-electron chi connectivity index (χ3n) is 0.703. The average molecular weight is 219 g/mol. The van der Waals surface area contributed by atoms with Crippen molar-refractivity contribution < 1.29 is 0 Å². The molecule has 0 amide bonds. The molecule has 0 saturated heterocycles. The standard InChI is InChI=1S/C4H2IN3/c5-4-7-1-2-8(4)3-6/h1-2H. The number of nitrogens with zero attached hydrogens (tertiary/aromatic N) is 3. The summed E-state index contributed by atoms with van der Waals surface area (Å²) < 4.78 is 2.09. The van der Waals surface area contributed by atoms with Gasteiger partial charge in [-0.15, -0.1) is 0 Å². The lowest BCUT2D eigenvalue weighted by Gasteiger charge is -1.81. The first-order valence-corrected chi connectivity index (χ1v) is 3.01. The Hall–Kier alpha value is -0.570. The fourth-order valence-corrected chi connectivity index (χ4v) is 0.789. The Balaban J connectivity index is 3.15. The van der Waals surface area contributed by atoms with Gasteiger partial charge in [0.25, 0.3) is 0 Å². The van der Waals surface area contributed by atoms with Crippen molar-refractivity contribution in [2.45, 2.75) is 0 Å². The molecule has 8 heavy (non-hydrogen) atoms. The fourth-order valence-electron chi connectivity index (χ4n) is 0.360. The van der Waals surface area contributed by atoms with Crippen LogP contribution in [-0.4, -0.2) is 9.55 Å². The molecule has 0 aliphatic carbocycles. The zero-order valence-electron chi connectivity index (χ0n) is 3.87. The quantitative estimate of drug-likeness (QED) is 0.606. The van der Waals surface area contributed by atoms with Gasteiger partial charge in [0, 0.05) is 35.0 Å². The molecular weight excluding hydrogens is 217 g/mol. The van der Waals surface area contributed by atoms with Crippen molar-refractivity contribution in [3.05, 3.63) is 16.2 Å². The van der Waals surface area contributed by atoms with Crippen LogP contribution in [0.15, 0.2) is 12.4 Å². The van der Waals surface area contributed by atoms with Gasteiger partial charge in [0.2, 0.25) is 0 Å². The maximum absolute atomic E-state index is 8.28. The summed E-state index contributed by atoms with van der Waals surface area (Å²) in [6.45, 7) is 0. The summed E-state index contributed by atoms with van der Waals surface area (Å²) in [6.07, 6.45) is 5.12. The lowest BCUT2D eigenvalue weighted by molar-refractivity contribution is 1.03. The van der Waals surface area contributed by atoms with E-state index in [1.54, 1.807) is 12.4 Å².